The zero-order valence-corrected chi connectivity index (χ0v) is 8.59. The lowest BCUT2D eigenvalue weighted by Crippen LogP contribution is -2.20. The smallest absolute Gasteiger partial charge is 0.244 e. The molecule has 7 heteroatoms. The summed E-state index contributed by atoms with van der Waals surface area (Å²) in [5.41, 5.74) is 5.75. The van der Waals surface area contributed by atoms with E-state index < -0.39 is 0 Å². The first kappa shape index (κ1) is 10.5. The van der Waals surface area contributed by atoms with E-state index in [1.165, 1.54) is 20.5 Å². The van der Waals surface area contributed by atoms with E-state index in [0.717, 1.165) is 0 Å². The highest BCUT2D eigenvalue weighted by Gasteiger charge is 2.12. The number of nitrogens with one attached hydrogen (secondary N) is 1. The number of ether oxygens (including phenoxy) is 2. The van der Waals surface area contributed by atoms with Crippen molar-refractivity contribution in [1.29, 1.82) is 0 Å². The molecule has 1 aromatic heterocycles. The van der Waals surface area contributed by atoms with Gasteiger partial charge in [-0.2, -0.15) is 9.97 Å². The van der Waals surface area contributed by atoms with Crippen LogP contribution < -0.4 is 20.5 Å². The van der Waals surface area contributed by atoms with Crippen molar-refractivity contribution in [3.8, 4) is 11.8 Å². The maximum Gasteiger partial charge on any atom is 0.244 e. The number of methoxy groups -OCH3 is 2. The van der Waals surface area contributed by atoms with Gasteiger partial charge in [-0.05, 0) is 12.2 Å². The summed E-state index contributed by atoms with van der Waals surface area (Å²) in [5, 5.41) is 2.77. The quantitative estimate of drug-likeness (QED) is 0.693. The van der Waals surface area contributed by atoms with Crippen LogP contribution in [0.1, 0.15) is 0 Å². The molecule has 0 unspecified atom stereocenters. The van der Waals surface area contributed by atoms with E-state index in [0.29, 0.717) is 17.4 Å². The molecule has 1 heterocycles. The summed E-state index contributed by atoms with van der Waals surface area (Å²) in [6.07, 6.45) is 1.32. The van der Waals surface area contributed by atoms with Crippen LogP contribution in [0.25, 0.3) is 0 Å². The molecule has 0 amide bonds. The molecule has 0 aliphatic rings. The van der Waals surface area contributed by atoms with Crippen molar-refractivity contribution in [3.63, 3.8) is 0 Å². The van der Waals surface area contributed by atoms with Gasteiger partial charge in [0, 0.05) is 0 Å². The average Bonchev–Trinajstić information content (AvgIpc) is 2.17. The molecule has 0 aliphatic heterocycles. The Kier molecular flexibility index (Phi) is 3.41. The topological polar surface area (TPSA) is 82.3 Å². The highest BCUT2D eigenvalue weighted by Crippen LogP contribution is 2.29. The molecule has 0 saturated heterocycles. The Morgan fingerprint density at radius 3 is 2.21 bits per heavy atom. The summed E-state index contributed by atoms with van der Waals surface area (Å²) < 4.78 is 9.96. The van der Waals surface area contributed by atoms with Crippen LogP contribution in [0.2, 0.25) is 0 Å². The Morgan fingerprint density at radius 1 is 1.36 bits per heavy atom. The van der Waals surface area contributed by atoms with E-state index in [9.17, 15) is 0 Å². The van der Waals surface area contributed by atoms with Crippen molar-refractivity contribution in [3.05, 3.63) is 6.33 Å². The Morgan fingerprint density at radius 2 is 1.86 bits per heavy atom. The number of hydrogen-bond acceptors (Lipinski definition) is 5. The first-order valence-electron chi connectivity index (χ1n) is 3.68. The van der Waals surface area contributed by atoms with Gasteiger partial charge in [0.15, 0.2) is 10.8 Å². The summed E-state index contributed by atoms with van der Waals surface area (Å²) in [4.78, 5) is 7.74. The van der Waals surface area contributed by atoms with Crippen molar-refractivity contribution in [1.82, 2.24) is 9.97 Å². The molecule has 0 radical (unpaired) electrons. The first-order valence-corrected chi connectivity index (χ1v) is 4.09. The molecule has 1 aromatic rings. The standard InChI is InChI=1S/C7H10N4O2S/c1-12-5-4(11-7(8)14)6(13-2)10-3-9-5/h3H,1-2H3,(H3,8,11,14). The molecule has 0 atom stereocenters. The summed E-state index contributed by atoms with van der Waals surface area (Å²) in [6, 6.07) is 0. The fraction of sp³-hybridized carbons (Fsp3) is 0.286. The molecule has 0 fully saturated rings. The lowest BCUT2D eigenvalue weighted by Gasteiger charge is -2.10. The van der Waals surface area contributed by atoms with Crippen LogP contribution >= 0.6 is 12.2 Å². The number of thiocarbonyl (C=S) groups is 1. The molecule has 14 heavy (non-hydrogen) atoms. The van der Waals surface area contributed by atoms with Crippen LogP contribution in [0.15, 0.2) is 6.33 Å². The van der Waals surface area contributed by atoms with Crippen LogP contribution in [0, 0.1) is 0 Å². The summed E-state index contributed by atoms with van der Waals surface area (Å²) in [6.45, 7) is 0. The van der Waals surface area contributed by atoms with Crippen LogP contribution in [-0.2, 0) is 0 Å². The molecule has 0 saturated carbocycles. The predicted octanol–water partition coefficient (Wildman–Crippen LogP) is 0.149. The van der Waals surface area contributed by atoms with Gasteiger partial charge in [0.1, 0.15) is 6.33 Å². The monoisotopic (exact) mass is 214 g/mol. The normalized spacial score (nSPS) is 9.29. The molecule has 0 aromatic carbocycles. The highest BCUT2D eigenvalue weighted by molar-refractivity contribution is 7.80. The molecule has 0 aliphatic carbocycles. The number of anilines is 1. The molecule has 1 rings (SSSR count). The maximum absolute atomic E-state index is 5.33. The zero-order chi connectivity index (χ0) is 10.6. The van der Waals surface area contributed by atoms with E-state index in [1.807, 2.05) is 0 Å². The van der Waals surface area contributed by atoms with Crippen LogP contribution in [0.3, 0.4) is 0 Å². The van der Waals surface area contributed by atoms with Crippen molar-refractivity contribution in [2.75, 3.05) is 19.5 Å². The minimum absolute atomic E-state index is 0.0939. The number of aromatic nitrogens is 2. The molecular formula is C7H10N4O2S. The number of rotatable bonds is 3. The number of nitrogens with zero attached hydrogens (tertiary/aromatic N) is 2. The minimum atomic E-state index is 0.0939. The fourth-order valence-corrected chi connectivity index (χ4v) is 0.996. The van der Waals surface area contributed by atoms with Crippen LogP contribution in [0.5, 0.6) is 11.8 Å². The van der Waals surface area contributed by atoms with Gasteiger partial charge in [-0.15, -0.1) is 0 Å². The molecule has 6 nitrogen and oxygen atoms in total. The Balaban J connectivity index is 3.12. The number of hydrogen-bond donors (Lipinski definition) is 2. The molecule has 76 valence electrons. The Hall–Kier alpha value is -1.63. The molecule has 0 bridgehead atoms. The fourth-order valence-electron chi connectivity index (χ4n) is 0.894. The van der Waals surface area contributed by atoms with Gasteiger partial charge in [0.25, 0.3) is 0 Å². The largest absolute Gasteiger partial charge is 0.479 e. The van der Waals surface area contributed by atoms with Gasteiger partial charge in [0.2, 0.25) is 11.8 Å². The minimum Gasteiger partial charge on any atom is -0.479 e. The number of nitrogens with two attached hydrogens (primary N) is 1. The van der Waals surface area contributed by atoms with Gasteiger partial charge in [-0.1, -0.05) is 0 Å². The third-order valence-electron chi connectivity index (χ3n) is 1.41. The molecule has 3 N–H and O–H groups in total. The first-order chi connectivity index (χ1) is 6.69. The second-order valence-corrected chi connectivity index (χ2v) is 2.70. The lowest BCUT2D eigenvalue weighted by molar-refractivity contribution is 0.376. The molecular weight excluding hydrogens is 204 g/mol. The summed E-state index contributed by atoms with van der Waals surface area (Å²) >= 11 is 4.69. The van der Waals surface area contributed by atoms with Crippen molar-refractivity contribution >= 4 is 23.0 Å². The highest BCUT2D eigenvalue weighted by atomic mass is 32.1. The predicted molar refractivity (Wildman–Crippen MR) is 55.5 cm³/mol. The lowest BCUT2D eigenvalue weighted by atomic mass is 10.5. The van der Waals surface area contributed by atoms with E-state index in [4.69, 9.17) is 27.4 Å². The third kappa shape index (κ3) is 2.19. The van der Waals surface area contributed by atoms with E-state index in [1.54, 1.807) is 0 Å². The summed E-state index contributed by atoms with van der Waals surface area (Å²) in [5.74, 6) is 0.648. The summed E-state index contributed by atoms with van der Waals surface area (Å²) in [7, 11) is 2.96. The maximum atomic E-state index is 5.33. The van der Waals surface area contributed by atoms with E-state index in [-0.39, 0.29) is 5.11 Å². The zero-order valence-electron chi connectivity index (χ0n) is 7.77. The third-order valence-corrected chi connectivity index (χ3v) is 1.51. The van der Waals surface area contributed by atoms with E-state index >= 15 is 0 Å². The Bertz CT molecular complexity index is 322. The van der Waals surface area contributed by atoms with Gasteiger partial charge in [0.05, 0.1) is 14.2 Å². The van der Waals surface area contributed by atoms with Gasteiger partial charge in [-0.25, -0.2) is 0 Å². The van der Waals surface area contributed by atoms with Gasteiger partial charge in [-0.3, -0.25) is 0 Å². The van der Waals surface area contributed by atoms with Gasteiger partial charge < -0.3 is 20.5 Å². The van der Waals surface area contributed by atoms with Crippen molar-refractivity contribution in [2.24, 2.45) is 5.73 Å². The average molecular weight is 214 g/mol. The van der Waals surface area contributed by atoms with Crippen molar-refractivity contribution < 1.29 is 9.47 Å². The SMILES string of the molecule is COc1ncnc(OC)c1NC(N)=S. The second-order valence-electron chi connectivity index (χ2n) is 2.26. The Labute approximate surface area is 86.4 Å². The van der Waals surface area contributed by atoms with E-state index in [2.05, 4.69) is 15.3 Å². The van der Waals surface area contributed by atoms with Crippen molar-refractivity contribution in [2.45, 2.75) is 0 Å². The molecule has 0 spiro atoms. The van der Waals surface area contributed by atoms with Gasteiger partial charge >= 0.3 is 0 Å². The van der Waals surface area contributed by atoms with Crippen LogP contribution in [0.4, 0.5) is 5.69 Å². The van der Waals surface area contributed by atoms with Crippen LogP contribution in [-0.4, -0.2) is 29.3 Å². The second kappa shape index (κ2) is 4.56.